The van der Waals surface area contributed by atoms with Crippen molar-refractivity contribution in [3.8, 4) is 0 Å². The van der Waals surface area contributed by atoms with E-state index in [1.165, 1.54) is 6.07 Å². The molecule has 1 amide bonds. The number of ether oxygens (including phenoxy) is 1. The van der Waals surface area contributed by atoms with Crippen LogP contribution in [-0.2, 0) is 24.3 Å². The van der Waals surface area contributed by atoms with Crippen molar-refractivity contribution in [3.63, 3.8) is 0 Å². The van der Waals surface area contributed by atoms with E-state index in [0.717, 1.165) is 31.2 Å². The molecular formula is C28H39N3O5S. The Morgan fingerprint density at radius 2 is 1.86 bits per heavy atom. The van der Waals surface area contributed by atoms with Gasteiger partial charge in [-0.2, -0.15) is 0 Å². The van der Waals surface area contributed by atoms with Gasteiger partial charge in [0.1, 0.15) is 4.90 Å². The quantitative estimate of drug-likeness (QED) is 0.295. The third-order valence-corrected chi connectivity index (χ3v) is 8.12. The van der Waals surface area contributed by atoms with Crippen LogP contribution in [0.1, 0.15) is 70.9 Å². The van der Waals surface area contributed by atoms with Crippen molar-refractivity contribution in [2.75, 3.05) is 29.9 Å². The Balaban J connectivity index is 1.91. The number of nitrogens with one attached hydrogen (secondary N) is 2. The minimum atomic E-state index is -3.97. The number of carbonyl (C=O) groups excluding carboxylic acids is 2. The zero-order valence-corrected chi connectivity index (χ0v) is 22.9. The lowest BCUT2D eigenvalue weighted by Crippen LogP contribution is -2.40. The predicted molar refractivity (Wildman–Crippen MR) is 146 cm³/mol. The van der Waals surface area contributed by atoms with Gasteiger partial charge in [0.2, 0.25) is 15.9 Å². The van der Waals surface area contributed by atoms with Gasteiger partial charge in [0.05, 0.1) is 18.2 Å². The minimum Gasteiger partial charge on any atom is -0.466 e. The Hall–Kier alpha value is -2.91. The van der Waals surface area contributed by atoms with Gasteiger partial charge in [0.25, 0.3) is 0 Å². The molecule has 202 valence electrons. The number of benzene rings is 2. The van der Waals surface area contributed by atoms with Gasteiger partial charge >= 0.3 is 5.97 Å². The molecule has 37 heavy (non-hydrogen) atoms. The first-order chi connectivity index (χ1) is 17.7. The largest absolute Gasteiger partial charge is 0.466 e. The molecule has 1 saturated heterocycles. The summed E-state index contributed by atoms with van der Waals surface area (Å²) in [6.45, 7) is 6.95. The van der Waals surface area contributed by atoms with Crippen LogP contribution in [0.25, 0.3) is 0 Å². The zero-order valence-electron chi connectivity index (χ0n) is 22.0. The molecule has 0 saturated carbocycles. The molecule has 0 bridgehead atoms. The maximum atomic E-state index is 13.7. The summed E-state index contributed by atoms with van der Waals surface area (Å²) in [6, 6.07) is 13.8. The Labute approximate surface area is 220 Å². The average Bonchev–Trinajstić information content (AvgIpc) is 2.89. The molecule has 2 aromatic rings. The molecule has 0 radical (unpaired) electrons. The first-order valence-electron chi connectivity index (χ1n) is 13.2. The molecule has 9 heteroatoms. The maximum Gasteiger partial charge on any atom is 0.310 e. The second-order valence-corrected chi connectivity index (χ2v) is 11.2. The third-order valence-electron chi connectivity index (χ3n) is 6.55. The van der Waals surface area contributed by atoms with Crippen molar-refractivity contribution in [1.29, 1.82) is 0 Å². The Bertz CT molecular complexity index is 1150. The van der Waals surface area contributed by atoms with Gasteiger partial charge < -0.3 is 15.0 Å². The van der Waals surface area contributed by atoms with Crippen LogP contribution in [0.5, 0.6) is 0 Å². The maximum absolute atomic E-state index is 13.7. The molecule has 2 atom stereocenters. The fourth-order valence-electron chi connectivity index (χ4n) is 4.58. The summed E-state index contributed by atoms with van der Waals surface area (Å²) >= 11 is 0. The molecule has 1 aliphatic rings. The summed E-state index contributed by atoms with van der Waals surface area (Å²) in [7, 11) is -3.97. The van der Waals surface area contributed by atoms with E-state index in [0.29, 0.717) is 43.9 Å². The van der Waals surface area contributed by atoms with Crippen LogP contribution >= 0.6 is 0 Å². The lowest BCUT2D eigenvalue weighted by Gasteiger charge is -2.34. The SMILES string of the molecule is CCCCCC(=O)Nc1ccc(N2CCC[C@H](C(=O)OCC)C2)c(S(=O)(=O)N[C@@H](C)c2ccccc2)c1. The molecule has 0 unspecified atom stereocenters. The molecule has 1 aliphatic heterocycles. The highest BCUT2D eigenvalue weighted by Crippen LogP contribution is 2.33. The molecule has 1 fully saturated rings. The van der Waals surface area contributed by atoms with Crippen LogP contribution in [0.2, 0.25) is 0 Å². The number of unbranched alkanes of at least 4 members (excludes halogenated alkanes) is 2. The summed E-state index contributed by atoms with van der Waals surface area (Å²) in [6.07, 6.45) is 4.58. The van der Waals surface area contributed by atoms with Crippen LogP contribution in [0.15, 0.2) is 53.4 Å². The molecule has 0 spiro atoms. The van der Waals surface area contributed by atoms with E-state index in [-0.39, 0.29) is 22.7 Å². The fourth-order valence-corrected chi connectivity index (χ4v) is 6.06. The van der Waals surface area contributed by atoms with E-state index in [1.54, 1.807) is 26.0 Å². The number of anilines is 2. The lowest BCUT2D eigenvalue weighted by atomic mass is 9.97. The summed E-state index contributed by atoms with van der Waals surface area (Å²) < 4.78 is 35.4. The molecule has 2 aromatic carbocycles. The van der Waals surface area contributed by atoms with E-state index in [4.69, 9.17) is 4.74 Å². The number of hydrogen-bond acceptors (Lipinski definition) is 6. The highest BCUT2D eigenvalue weighted by Gasteiger charge is 2.31. The van der Waals surface area contributed by atoms with Crippen LogP contribution in [-0.4, -0.2) is 40.0 Å². The van der Waals surface area contributed by atoms with Gasteiger partial charge in [-0.05, 0) is 56.9 Å². The predicted octanol–water partition coefficient (Wildman–Crippen LogP) is 5.02. The Morgan fingerprint density at radius 1 is 1.11 bits per heavy atom. The van der Waals surface area contributed by atoms with Gasteiger partial charge in [-0.3, -0.25) is 9.59 Å². The van der Waals surface area contributed by atoms with E-state index < -0.39 is 16.1 Å². The number of rotatable bonds is 12. The number of carbonyl (C=O) groups is 2. The number of sulfonamides is 1. The molecule has 0 aromatic heterocycles. The molecule has 8 nitrogen and oxygen atoms in total. The topological polar surface area (TPSA) is 105 Å². The number of piperidine rings is 1. The van der Waals surface area contributed by atoms with Gasteiger partial charge in [-0.15, -0.1) is 0 Å². The molecule has 1 heterocycles. The molecular weight excluding hydrogens is 490 g/mol. The second-order valence-electron chi connectivity index (χ2n) is 9.48. The van der Waals surface area contributed by atoms with E-state index >= 15 is 0 Å². The van der Waals surface area contributed by atoms with E-state index in [9.17, 15) is 18.0 Å². The van der Waals surface area contributed by atoms with Crippen molar-refractivity contribution < 1.29 is 22.7 Å². The summed E-state index contributed by atoms with van der Waals surface area (Å²) in [5.74, 6) is -0.725. The first-order valence-corrected chi connectivity index (χ1v) is 14.7. The standard InChI is InChI=1S/C28H39N3O5S/c1-4-6-8-15-27(32)29-24-16-17-25(31-18-11-14-23(20-31)28(33)36-5-2)26(19-24)37(34,35)30-21(3)22-12-9-7-10-13-22/h7,9-10,12-13,16-17,19,21,23,30H,4-6,8,11,14-15,18,20H2,1-3H3,(H,29,32)/t21-,23-/m0/s1. The van der Waals surface area contributed by atoms with Crippen LogP contribution in [0, 0.1) is 5.92 Å². The van der Waals surface area contributed by atoms with Crippen LogP contribution in [0.4, 0.5) is 11.4 Å². The molecule has 0 aliphatic carbocycles. The second kappa shape index (κ2) is 13.6. The number of hydrogen-bond donors (Lipinski definition) is 2. The molecule has 3 rings (SSSR count). The summed E-state index contributed by atoms with van der Waals surface area (Å²) in [5, 5.41) is 2.85. The normalized spacial score (nSPS) is 16.7. The molecule has 2 N–H and O–H groups in total. The van der Waals surface area contributed by atoms with Gasteiger partial charge in [-0.1, -0.05) is 50.1 Å². The van der Waals surface area contributed by atoms with Crippen molar-refractivity contribution in [3.05, 3.63) is 54.1 Å². The first kappa shape index (κ1) is 28.7. The lowest BCUT2D eigenvalue weighted by molar-refractivity contribution is -0.148. The smallest absolute Gasteiger partial charge is 0.310 e. The highest BCUT2D eigenvalue weighted by molar-refractivity contribution is 7.89. The monoisotopic (exact) mass is 529 g/mol. The van der Waals surface area contributed by atoms with Crippen molar-refractivity contribution in [2.45, 2.75) is 70.2 Å². The van der Waals surface area contributed by atoms with Crippen LogP contribution < -0.4 is 14.9 Å². The third kappa shape index (κ3) is 8.04. The Kier molecular flexibility index (Phi) is 10.5. The Morgan fingerprint density at radius 3 is 2.57 bits per heavy atom. The van der Waals surface area contributed by atoms with Crippen molar-refractivity contribution in [2.24, 2.45) is 5.92 Å². The van der Waals surface area contributed by atoms with E-state index in [2.05, 4.69) is 17.0 Å². The van der Waals surface area contributed by atoms with Crippen LogP contribution in [0.3, 0.4) is 0 Å². The van der Waals surface area contributed by atoms with Gasteiger partial charge in [0, 0.05) is 31.2 Å². The minimum absolute atomic E-state index is 0.0751. The van der Waals surface area contributed by atoms with Crippen molar-refractivity contribution >= 4 is 33.3 Å². The van der Waals surface area contributed by atoms with Gasteiger partial charge in [0.15, 0.2) is 0 Å². The highest BCUT2D eigenvalue weighted by atomic mass is 32.2. The number of esters is 1. The fraction of sp³-hybridized carbons (Fsp3) is 0.500. The summed E-state index contributed by atoms with van der Waals surface area (Å²) in [5.41, 5.74) is 1.77. The number of amides is 1. The van der Waals surface area contributed by atoms with E-state index in [1.807, 2.05) is 35.2 Å². The van der Waals surface area contributed by atoms with Gasteiger partial charge in [-0.25, -0.2) is 13.1 Å². The zero-order chi connectivity index (χ0) is 26.8. The average molecular weight is 530 g/mol. The number of nitrogens with zero attached hydrogens (tertiary/aromatic N) is 1. The van der Waals surface area contributed by atoms with Crippen molar-refractivity contribution in [1.82, 2.24) is 4.72 Å². The summed E-state index contributed by atoms with van der Waals surface area (Å²) in [4.78, 5) is 26.9.